The molecular formula is C13H14N2O4. The van der Waals surface area contributed by atoms with Crippen molar-refractivity contribution in [2.75, 3.05) is 19.0 Å². The summed E-state index contributed by atoms with van der Waals surface area (Å²) in [6.45, 7) is 0.623. The number of benzene rings is 1. The Morgan fingerprint density at radius 2 is 2.26 bits per heavy atom. The lowest BCUT2D eigenvalue weighted by molar-refractivity contribution is -0.384. The predicted octanol–water partition coefficient (Wildman–Crippen LogP) is 2.85. The van der Waals surface area contributed by atoms with Crippen molar-refractivity contribution in [1.29, 1.82) is 0 Å². The Balaban J connectivity index is 2.02. The zero-order chi connectivity index (χ0) is 13.7. The Kier molecular flexibility index (Phi) is 4.02. The first-order valence-corrected chi connectivity index (χ1v) is 5.79. The van der Waals surface area contributed by atoms with Crippen molar-refractivity contribution in [3.63, 3.8) is 0 Å². The molecule has 0 saturated carbocycles. The van der Waals surface area contributed by atoms with Crippen LogP contribution in [0, 0.1) is 10.1 Å². The highest BCUT2D eigenvalue weighted by Crippen LogP contribution is 2.25. The van der Waals surface area contributed by atoms with Crippen LogP contribution in [0.2, 0.25) is 0 Å². The molecule has 2 rings (SSSR count). The fourth-order valence-corrected chi connectivity index (χ4v) is 1.69. The van der Waals surface area contributed by atoms with Crippen LogP contribution in [0.1, 0.15) is 5.76 Å². The molecule has 6 nitrogen and oxygen atoms in total. The minimum Gasteiger partial charge on any atom is -0.496 e. The molecule has 0 aliphatic heterocycles. The van der Waals surface area contributed by atoms with Gasteiger partial charge in [-0.3, -0.25) is 10.1 Å². The van der Waals surface area contributed by atoms with Crippen LogP contribution in [0.3, 0.4) is 0 Å². The zero-order valence-electron chi connectivity index (χ0n) is 10.5. The van der Waals surface area contributed by atoms with Gasteiger partial charge in [0.2, 0.25) is 0 Å². The minimum atomic E-state index is -0.444. The van der Waals surface area contributed by atoms with E-state index in [1.165, 1.54) is 19.2 Å². The number of non-ortho nitro benzene ring substituents is 1. The van der Waals surface area contributed by atoms with Crippen LogP contribution >= 0.6 is 0 Å². The van der Waals surface area contributed by atoms with E-state index in [1.54, 1.807) is 12.3 Å². The van der Waals surface area contributed by atoms with Crippen LogP contribution in [-0.4, -0.2) is 18.6 Å². The van der Waals surface area contributed by atoms with Crippen LogP contribution < -0.4 is 10.1 Å². The Morgan fingerprint density at radius 1 is 1.42 bits per heavy atom. The van der Waals surface area contributed by atoms with Crippen molar-refractivity contribution in [3.8, 4) is 5.75 Å². The van der Waals surface area contributed by atoms with E-state index in [4.69, 9.17) is 9.15 Å². The molecule has 19 heavy (non-hydrogen) atoms. The topological polar surface area (TPSA) is 77.5 Å². The summed E-state index contributed by atoms with van der Waals surface area (Å²) >= 11 is 0. The SMILES string of the molecule is COc1cc(NCCc2ccco2)cc([N+](=O)[O-])c1. The summed E-state index contributed by atoms with van der Waals surface area (Å²) in [5.41, 5.74) is 0.650. The summed E-state index contributed by atoms with van der Waals surface area (Å²) in [6, 6.07) is 8.29. The molecular weight excluding hydrogens is 248 g/mol. The fraction of sp³-hybridized carbons (Fsp3) is 0.231. The summed E-state index contributed by atoms with van der Waals surface area (Å²) in [4.78, 5) is 10.3. The molecule has 0 bridgehead atoms. The Labute approximate surface area is 110 Å². The molecule has 1 aromatic heterocycles. The van der Waals surface area contributed by atoms with E-state index >= 15 is 0 Å². The highest BCUT2D eigenvalue weighted by Gasteiger charge is 2.10. The average Bonchev–Trinajstić information content (AvgIpc) is 2.91. The van der Waals surface area contributed by atoms with Crippen LogP contribution in [-0.2, 0) is 6.42 Å². The number of hydrogen-bond donors (Lipinski definition) is 1. The standard InChI is InChI=1S/C13H14N2O4/c1-18-13-8-10(7-11(9-13)15(16)17)14-5-4-12-3-2-6-19-12/h2-3,6-9,14H,4-5H2,1H3. The molecule has 0 saturated heterocycles. The van der Waals surface area contributed by atoms with Gasteiger partial charge < -0.3 is 14.5 Å². The Morgan fingerprint density at radius 3 is 2.89 bits per heavy atom. The van der Waals surface area contributed by atoms with Gasteiger partial charge in [-0.15, -0.1) is 0 Å². The smallest absolute Gasteiger partial charge is 0.275 e. The van der Waals surface area contributed by atoms with Gasteiger partial charge in [-0.25, -0.2) is 0 Å². The van der Waals surface area contributed by atoms with Crippen molar-refractivity contribution in [2.45, 2.75) is 6.42 Å². The monoisotopic (exact) mass is 262 g/mol. The summed E-state index contributed by atoms with van der Waals surface area (Å²) in [5.74, 6) is 1.32. The second-order valence-corrected chi connectivity index (χ2v) is 3.93. The van der Waals surface area contributed by atoms with Crippen LogP contribution in [0.25, 0.3) is 0 Å². The van der Waals surface area contributed by atoms with Gasteiger partial charge in [-0.05, 0) is 12.1 Å². The summed E-state index contributed by atoms with van der Waals surface area (Å²) in [5, 5.41) is 13.9. The molecule has 6 heteroatoms. The molecule has 1 aromatic carbocycles. The second-order valence-electron chi connectivity index (χ2n) is 3.93. The van der Waals surface area contributed by atoms with Gasteiger partial charge >= 0.3 is 0 Å². The van der Waals surface area contributed by atoms with E-state index < -0.39 is 4.92 Å². The number of nitrogens with one attached hydrogen (secondary N) is 1. The van der Waals surface area contributed by atoms with E-state index in [2.05, 4.69) is 5.32 Å². The second kappa shape index (κ2) is 5.90. The van der Waals surface area contributed by atoms with Gasteiger partial charge in [0.15, 0.2) is 0 Å². The number of methoxy groups -OCH3 is 1. The number of ether oxygens (including phenoxy) is 1. The maximum absolute atomic E-state index is 10.8. The molecule has 0 unspecified atom stereocenters. The van der Waals surface area contributed by atoms with Gasteiger partial charge in [-0.2, -0.15) is 0 Å². The number of hydrogen-bond acceptors (Lipinski definition) is 5. The maximum Gasteiger partial charge on any atom is 0.275 e. The predicted molar refractivity (Wildman–Crippen MR) is 70.6 cm³/mol. The van der Waals surface area contributed by atoms with E-state index in [1.807, 2.05) is 12.1 Å². The van der Waals surface area contributed by atoms with Crippen LogP contribution in [0.15, 0.2) is 41.0 Å². The van der Waals surface area contributed by atoms with Crippen molar-refractivity contribution < 1.29 is 14.1 Å². The molecule has 0 fully saturated rings. The Bertz CT molecular complexity index is 552. The average molecular weight is 262 g/mol. The van der Waals surface area contributed by atoms with Gasteiger partial charge in [0.05, 0.1) is 24.4 Å². The third kappa shape index (κ3) is 3.48. The molecule has 1 N–H and O–H groups in total. The summed E-state index contributed by atoms with van der Waals surface area (Å²) in [7, 11) is 1.48. The molecule has 1 heterocycles. The third-order valence-corrected chi connectivity index (χ3v) is 2.62. The summed E-state index contributed by atoms with van der Waals surface area (Å²) in [6.07, 6.45) is 2.32. The largest absolute Gasteiger partial charge is 0.496 e. The van der Waals surface area contributed by atoms with Crippen LogP contribution in [0.4, 0.5) is 11.4 Å². The van der Waals surface area contributed by atoms with Crippen molar-refractivity contribution in [2.24, 2.45) is 0 Å². The van der Waals surface area contributed by atoms with Gasteiger partial charge in [0.25, 0.3) is 5.69 Å². The number of furan rings is 1. The molecule has 0 spiro atoms. The lowest BCUT2D eigenvalue weighted by Gasteiger charge is -2.07. The fourth-order valence-electron chi connectivity index (χ4n) is 1.69. The van der Waals surface area contributed by atoms with Crippen molar-refractivity contribution in [1.82, 2.24) is 0 Å². The molecule has 100 valence electrons. The number of rotatable bonds is 6. The van der Waals surface area contributed by atoms with Crippen LogP contribution in [0.5, 0.6) is 5.75 Å². The van der Waals surface area contributed by atoms with Gasteiger partial charge in [0, 0.05) is 30.8 Å². The first-order chi connectivity index (χ1) is 9.19. The highest BCUT2D eigenvalue weighted by molar-refractivity contribution is 5.56. The number of nitro benzene ring substituents is 1. The minimum absolute atomic E-state index is 0.000140. The van der Waals surface area contributed by atoms with E-state index in [0.29, 0.717) is 24.4 Å². The number of nitrogens with zero attached hydrogens (tertiary/aromatic N) is 1. The zero-order valence-corrected chi connectivity index (χ0v) is 10.5. The lowest BCUT2D eigenvalue weighted by Crippen LogP contribution is -2.05. The molecule has 0 atom stereocenters. The molecule has 0 amide bonds. The highest BCUT2D eigenvalue weighted by atomic mass is 16.6. The quantitative estimate of drug-likeness (QED) is 0.639. The molecule has 0 radical (unpaired) electrons. The lowest BCUT2D eigenvalue weighted by atomic mass is 10.2. The maximum atomic E-state index is 10.8. The molecule has 0 aliphatic carbocycles. The van der Waals surface area contributed by atoms with Gasteiger partial charge in [0.1, 0.15) is 11.5 Å². The first-order valence-electron chi connectivity index (χ1n) is 5.79. The third-order valence-electron chi connectivity index (χ3n) is 2.62. The number of nitro groups is 1. The Hall–Kier alpha value is -2.50. The summed E-state index contributed by atoms with van der Waals surface area (Å²) < 4.78 is 10.2. The van der Waals surface area contributed by atoms with E-state index in [-0.39, 0.29) is 5.69 Å². The van der Waals surface area contributed by atoms with E-state index in [0.717, 1.165) is 5.76 Å². The first kappa shape index (κ1) is 12.9. The van der Waals surface area contributed by atoms with Gasteiger partial charge in [-0.1, -0.05) is 0 Å². The van der Waals surface area contributed by atoms with Crippen molar-refractivity contribution in [3.05, 3.63) is 52.5 Å². The number of anilines is 1. The van der Waals surface area contributed by atoms with E-state index in [9.17, 15) is 10.1 Å². The molecule has 2 aromatic rings. The van der Waals surface area contributed by atoms with Crippen molar-refractivity contribution >= 4 is 11.4 Å². The normalized spacial score (nSPS) is 10.2. The molecule has 0 aliphatic rings.